The molecule has 0 aliphatic rings. The average molecular weight is 716 g/mol. The third kappa shape index (κ3) is 10.8. The molecule has 7 nitrogen and oxygen atoms in total. The lowest BCUT2D eigenvalue weighted by atomic mass is 10.1. The molecule has 0 bridgehead atoms. The van der Waals surface area contributed by atoms with Crippen LogP contribution in [0.15, 0.2) is 106 Å². The van der Waals surface area contributed by atoms with Crippen LogP contribution >= 0.6 is 23.5 Å². The second kappa shape index (κ2) is 17.4. The van der Waals surface area contributed by atoms with Gasteiger partial charge in [0.1, 0.15) is 11.5 Å². The van der Waals surface area contributed by atoms with Crippen molar-refractivity contribution >= 4 is 57.3 Å². The van der Waals surface area contributed by atoms with Crippen LogP contribution in [0.3, 0.4) is 0 Å². The van der Waals surface area contributed by atoms with E-state index in [-0.39, 0.29) is 13.2 Å². The van der Waals surface area contributed by atoms with Crippen LogP contribution in [-0.2, 0) is 9.59 Å². The van der Waals surface area contributed by atoms with Gasteiger partial charge in [-0.2, -0.15) is 0 Å². The number of fused-ring (bicyclic) bond motifs is 3. The van der Waals surface area contributed by atoms with E-state index in [4.69, 9.17) is 19.7 Å². The van der Waals surface area contributed by atoms with Gasteiger partial charge in [-0.3, -0.25) is 0 Å². The van der Waals surface area contributed by atoms with Crippen molar-refractivity contribution in [2.24, 2.45) is 0 Å². The van der Waals surface area contributed by atoms with E-state index in [0.717, 1.165) is 76.5 Å². The first kappa shape index (κ1) is 36.8. The molecule has 0 atom stereocenters. The van der Waals surface area contributed by atoms with Crippen molar-refractivity contribution in [3.63, 3.8) is 0 Å². The molecule has 0 aliphatic carbocycles. The summed E-state index contributed by atoms with van der Waals surface area (Å²) in [6.07, 6.45) is 4.20. The summed E-state index contributed by atoms with van der Waals surface area (Å²) in [5.74, 6) is 13.8. The molecule has 0 amide bonds. The van der Waals surface area contributed by atoms with Crippen molar-refractivity contribution in [2.45, 2.75) is 37.5 Å². The molecule has 0 saturated heterocycles. The number of ether oxygens (including phenoxy) is 2. The van der Waals surface area contributed by atoms with E-state index in [9.17, 15) is 9.59 Å². The van der Waals surface area contributed by atoms with Gasteiger partial charge < -0.3 is 24.7 Å². The number of aromatic amines is 1. The van der Waals surface area contributed by atoms with Crippen molar-refractivity contribution in [2.75, 3.05) is 24.7 Å². The number of carbonyl (C=O) groups is 2. The first-order chi connectivity index (χ1) is 24.5. The molecule has 3 N–H and O–H groups in total. The van der Waals surface area contributed by atoms with Gasteiger partial charge in [0.05, 0.1) is 0 Å². The zero-order chi connectivity index (χ0) is 36.3. The Morgan fingerprint density at radius 2 is 1.10 bits per heavy atom. The highest BCUT2D eigenvalue weighted by Crippen LogP contribution is 2.29. The minimum atomic E-state index is -0.996. The Morgan fingerprint density at radius 1 is 0.667 bits per heavy atom. The van der Waals surface area contributed by atoms with E-state index in [1.807, 2.05) is 76.2 Å². The number of aliphatic carboxylic acids is 2. The maximum absolute atomic E-state index is 10.8. The van der Waals surface area contributed by atoms with Crippen molar-refractivity contribution in [1.82, 2.24) is 4.98 Å². The fourth-order valence-corrected chi connectivity index (χ4v) is 6.96. The Balaban J connectivity index is 1.17. The highest BCUT2D eigenvalue weighted by atomic mass is 32.2. The molecule has 51 heavy (non-hydrogen) atoms. The van der Waals surface area contributed by atoms with Gasteiger partial charge in [-0.15, -0.1) is 23.5 Å². The van der Waals surface area contributed by atoms with Crippen molar-refractivity contribution in [3.05, 3.63) is 118 Å². The van der Waals surface area contributed by atoms with E-state index in [1.165, 1.54) is 0 Å². The second-order valence-electron chi connectivity index (χ2n) is 11.8. The SMILES string of the molecule is CC(C#Cc1ccc2c(c1)[nH]c1cc(C#CC(C)=CCSc3ccc(OCC(=O)O)c(C)c3)ccc12)=CCSc1ccc(OCC(=O)O)c(C)c1. The molecule has 0 aliphatic heterocycles. The van der Waals surface area contributed by atoms with Crippen LogP contribution in [-0.4, -0.2) is 51.9 Å². The van der Waals surface area contributed by atoms with Crippen LogP contribution < -0.4 is 9.47 Å². The molecule has 5 aromatic rings. The molecule has 0 radical (unpaired) electrons. The monoisotopic (exact) mass is 715 g/mol. The first-order valence-electron chi connectivity index (χ1n) is 16.1. The van der Waals surface area contributed by atoms with Gasteiger partial charge >= 0.3 is 11.9 Å². The van der Waals surface area contributed by atoms with Gasteiger partial charge in [-0.1, -0.05) is 48.0 Å². The number of thioether (sulfide) groups is 2. The maximum atomic E-state index is 10.8. The molecule has 0 saturated carbocycles. The van der Waals surface area contributed by atoms with Crippen LogP contribution in [0.2, 0.25) is 0 Å². The average Bonchev–Trinajstić information content (AvgIpc) is 3.46. The Bertz CT molecular complexity index is 2140. The standard InChI is InChI=1S/C42H37NO6S2/c1-27(17-19-50-33-11-15-39(29(3)21-33)48-25-41(44)45)5-7-31-9-13-35-36-14-10-32(24-38(36)43-37(35)23-31)8-6-28(2)18-20-51-34-12-16-40(30(4)22-34)49-26-42(46)47/h9-18,21-24,43H,19-20,25-26H2,1-4H3,(H,44,45)(H,46,47). The third-order valence-electron chi connectivity index (χ3n) is 7.68. The third-order valence-corrected chi connectivity index (χ3v) is 9.52. The molecule has 0 spiro atoms. The van der Waals surface area contributed by atoms with Crippen molar-refractivity contribution in [3.8, 4) is 35.2 Å². The number of aromatic nitrogens is 1. The number of H-pyrrole nitrogens is 1. The van der Waals surface area contributed by atoms with E-state index in [2.05, 4.69) is 65.1 Å². The summed E-state index contributed by atoms with van der Waals surface area (Å²) in [6.45, 7) is 7.11. The largest absolute Gasteiger partial charge is 0.482 e. The van der Waals surface area contributed by atoms with E-state index >= 15 is 0 Å². The van der Waals surface area contributed by atoms with Crippen LogP contribution in [0, 0.1) is 37.5 Å². The molecule has 0 fully saturated rings. The summed E-state index contributed by atoms with van der Waals surface area (Å²) in [7, 11) is 0. The topological polar surface area (TPSA) is 109 Å². The number of rotatable bonds is 12. The lowest BCUT2D eigenvalue weighted by molar-refractivity contribution is -0.140. The van der Waals surface area contributed by atoms with Crippen LogP contribution in [0.25, 0.3) is 21.8 Å². The maximum Gasteiger partial charge on any atom is 0.341 e. The summed E-state index contributed by atoms with van der Waals surface area (Å²) < 4.78 is 10.6. The molecular weight excluding hydrogens is 679 g/mol. The number of aryl methyl sites for hydroxylation is 2. The zero-order valence-electron chi connectivity index (χ0n) is 28.8. The smallest absolute Gasteiger partial charge is 0.341 e. The minimum Gasteiger partial charge on any atom is -0.482 e. The number of hydrogen-bond acceptors (Lipinski definition) is 6. The number of carboxylic acids is 2. The summed E-state index contributed by atoms with van der Waals surface area (Å²) >= 11 is 3.36. The number of nitrogens with one attached hydrogen (secondary N) is 1. The number of benzene rings is 4. The zero-order valence-corrected chi connectivity index (χ0v) is 30.4. The Hall–Kier alpha value is -5.48. The normalized spacial score (nSPS) is 11.5. The van der Waals surface area contributed by atoms with E-state index in [0.29, 0.717) is 11.5 Å². The molecule has 1 aromatic heterocycles. The predicted molar refractivity (Wildman–Crippen MR) is 207 cm³/mol. The molecular formula is C42H37NO6S2. The molecule has 9 heteroatoms. The van der Waals surface area contributed by atoms with Gasteiger partial charge in [0.15, 0.2) is 13.2 Å². The van der Waals surface area contributed by atoms with Gasteiger partial charge in [0.25, 0.3) is 0 Å². The molecule has 5 rings (SSSR count). The fourth-order valence-electron chi connectivity index (χ4n) is 5.06. The lowest BCUT2D eigenvalue weighted by Gasteiger charge is -2.08. The molecule has 258 valence electrons. The van der Waals surface area contributed by atoms with Gasteiger partial charge in [-0.05, 0) is 111 Å². The van der Waals surface area contributed by atoms with Gasteiger partial charge in [-0.25, -0.2) is 9.59 Å². The minimum absolute atomic E-state index is 0.354. The molecule has 0 unspecified atom stereocenters. The molecule has 1 heterocycles. The molecule has 4 aromatic carbocycles. The van der Waals surface area contributed by atoms with E-state index in [1.54, 1.807) is 23.5 Å². The predicted octanol–water partition coefficient (Wildman–Crippen LogP) is 9.04. The summed E-state index contributed by atoms with van der Waals surface area (Å²) in [4.78, 5) is 27.2. The highest BCUT2D eigenvalue weighted by Gasteiger charge is 2.07. The summed E-state index contributed by atoms with van der Waals surface area (Å²) in [6, 6.07) is 23.9. The lowest BCUT2D eigenvalue weighted by Crippen LogP contribution is -2.09. The number of hydrogen-bond donors (Lipinski definition) is 3. The Labute approximate surface area is 306 Å². The first-order valence-corrected chi connectivity index (χ1v) is 18.1. The number of allylic oxidation sites excluding steroid dienone is 2. The summed E-state index contributed by atoms with van der Waals surface area (Å²) in [5, 5.41) is 19.9. The second-order valence-corrected chi connectivity index (χ2v) is 13.9. The quantitative estimate of drug-likeness (QED) is 0.0868. The van der Waals surface area contributed by atoms with Crippen LogP contribution in [0.1, 0.15) is 36.1 Å². The van der Waals surface area contributed by atoms with Crippen LogP contribution in [0.4, 0.5) is 0 Å². The Morgan fingerprint density at radius 3 is 1.49 bits per heavy atom. The Kier molecular flexibility index (Phi) is 12.6. The van der Waals surface area contributed by atoms with Crippen LogP contribution in [0.5, 0.6) is 11.5 Å². The van der Waals surface area contributed by atoms with Gasteiger partial charge in [0, 0.05) is 54.2 Å². The van der Waals surface area contributed by atoms with Crippen molar-refractivity contribution in [1.29, 1.82) is 0 Å². The van der Waals surface area contributed by atoms with Gasteiger partial charge in [0.2, 0.25) is 0 Å². The summed E-state index contributed by atoms with van der Waals surface area (Å²) in [5.41, 5.74) is 7.67. The van der Waals surface area contributed by atoms with Crippen molar-refractivity contribution < 1.29 is 29.3 Å². The number of carboxylic acid groups (broad SMARTS) is 2. The highest BCUT2D eigenvalue weighted by molar-refractivity contribution is 7.99. The fraction of sp³-hybridized carbons (Fsp3) is 0.190. The van der Waals surface area contributed by atoms with E-state index < -0.39 is 11.9 Å².